The SMILES string of the molecule is C/C(=C\C(=O)Nc1cc(CNC2CCCC2)ccc1C(=O)O)c1ccc2ccccc2c1. The van der Waals surface area contributed by atoms with Gasteiger partial charge in [0.1, 0.15) is 0 Å². The average Bonchev–Trinajstić information content (AvgIpc) is 3.31. The monoisotopic (exact) mass is 428 g/mol. The molecule has 3 N–H and O–H groups in total. The molecule has 1 fully saturated rings. The van der Waals surface area contributed by atoms with Gasteiger partial charge >= 0.3 is 5.97 Å². The van der Waals surface area contributed by atoms with Crippen LogP contribution in [0.4, 0.5) is 5.69 Å². The van der Waals surface area contributed by atoms with Gasteiger partial charge in [0.2, 0.25) is 5.91 Å². The lowest BCUT2D eigenvalue weighted by Gasteiger charge is -2.14. The third kappa shape index (κ3) is 5.24. The highest BCUT2D eigenvalue weighted by molar-refractivity contribution is 6.07. The number of amides is 1. The van der Waals surface area contributed by atoms with Gasteiger partial charge < -0.3 is 15.7 Å². The molecule has 4 rings (SSSR count). The number of allylic oxidation sites excluding steroid dienone is 1. The zero-order valence-electron chi connectivity index (χ0n) is 18.2. The van der Waals surface area contributed by atoms with Crippen molar-refractivity contribution < 1.29 is 14.7 Å². The third-order valence-electron chi connectivity index (χ3n) is 6.07. The molecule has 5 heteroatoms. The van der Waals surface area contributed by atoms with Crippen molar-refractivity contribution in [3.63, 3.8) is 0 Å². The Labute approximate surface area is 188 Å². The van der Waals surface area contributed by atoms with Gasteiger partial charge in [0, 0.05) is 18.7 Å². The maximum atomic E-state index is 12.7. The molecule has 0 aromatic heterocycles. The van der Waals surface area contributed by atoms with Crippen LogP contribution in [0.25, 0.3) is 16.3 Å². The molecule has 5 nitrogen and oxygen atoms in total. The number of nitrogens with one attached hydrogen (secondary N) is 2. The quantitative estimate of drug-likeness (QED) is 0.427. The Morgan fingerprint density at radius 1 is 1.00 bits per heavy atom. The predicted molar refractivity (Wildman–Crippen MR) is 129 cm³/mol. The van der Waals surface area contributed by atoms with Crippen molar-refractivity contribution in [1.29, 1.82) is 0 Å². The van der Waals surface area contributed by atoms with E-state index in [1.54, 1.807) is 18.2 Å². The van der Waals surface area contributed by atoms with Crippen LogP contribution >= 0.6 is 0 Å². The molecule has 0 bridgehead atoms. The fourth-order valence-electron chi connectivity index (χ4n) is 4.27. The lowest BCUT2D eigenvalue weighted by atomic mass is 10.0. The van der Waals surface area contributed by atoms with E-state index in [1.807, 2.05) is 49.4 Å². The second-order valence-corrected chi connectivity index (χ2v) is 8.43. The van der Waals surface area contributed by atoms with Crippen LogP contribution < -0.4 is 10.6 Å². The Balaban J connectivity index is 1.50. The summed E-state index contributed by atoms with van der Waals surface area (Å²) in [6.07, 6.45) is 6.37. The van der Waals surface area contributed by atoms with Crippen LogP contribution in [-0.4, -0.2) is 23.0 Å². The maximum absolute atomic E-state index is 12.7. The fourth-order valence-corrected chi connectivity index (χ4v) is 4.27. The van der Waals surface area contributed by atoms with Crippen molar-refractivity contribution in [2.75, 3.05) is 5.32 Å². The summed E-state index contributed by atoms with van der Waals surface area (Å²) in [7, 11) is 0. The lowest BCUT2D eigenvalue weighted by molar-refractivity contribution is -0.111. The van der Waals surface area contributed by atoms with E-state index in [9.17, 15) is 14.7 Å². The zero-order valence-corrected chi connectivity index (χ0v) is 18.2. The number of anilines is 1. The second kappa shape index (κ2) is 9.79. The highest BCUT2D eigenvalue weighted by Gasteiger charge is 2.16. The Bertz CT molecular complexity index is 1180. The van der Waals surface area contributed by atoms with Crippen molar-refractivity contribution >= 4 is 33.9 Å². The lowest BCUT2D eigenvalue weighted by Crippen LogP contribution is -2.25. The predicted octanol–water partition coefficient (Wildman–Crippen LogP) is 5.61. The van der Waals surface area contributed by atoms with Crippen LogP contribution in [-0.2, 0) is 11.3 Å². The minimum Gasteiger partial charge on any atom is -0.478 e. The van der Waals surface area contributed by atoms with E-state index in [0.29, 0.717) is 18.3 Å². The van der Waals surface area contributed by atoms with E-state index in [2.05, 4.69) is 10.6 Å². The molecule has 1 saturated carbocycles. The number of carboxylic acid groups (broad SMARTS) is 1. The number of hydrogen-bond acceptors (Lipinski definition) is 3. The van der Waals surface area contributed by atoms with Crippen LogP contribution in [0.2, 0.25) is 0 Å². The zero-order chi connectivity index (χ0) is 22.5. The molecule has 0 heterocycles. The summed E-state index contributed by atoms with van der Waals surface area (Å²) >= 11 is 0. The van der Waals surface area contributed by atoms with E-state index in [1.165, 1.54) is 31.8 Å². The van der Waals surface area contributed by atoms with Crippen molar-refractivity contribution in [2.24, 2.45) is 0 Å². The Morgan fingerprint density at radius 3 is 2.50 bits per heavy atom. The van der Waals surface area contributed by atoms with E-state index in [0.717, 1.165) is 27.5 Å². The molecule has 0 saturated heterocycles. The normalized spacial score (nSPS) is 14.6. The summed E-state index contributed by atoms with van der Waals surface area (Å²) in [5, 5.41) is 18.1. The van der Waals surface area contributed by atoms with Crippen molar-refractivity contribution in [3.8, 4) is 0 Å². The van der Waals surface area contributed by atoms with Gasteiger partial charge in [0.25, 0.3) is 0 Å². The molecular formula is C27H28N2O3. The van der Waals surface area contributed by atoms with Crippen LogP contribution in [0.5, 0.6) is 0 Å². The van der Waals surface area contributed by atoms with Gasteiger partial charge in [-0.25, -0.2) is 4.79 Å². The summed E-state index contributed by atoms with van der Waals surface area (Å²) in [5.74, 6) is -1.41. The Morgan fingerprint density at radius 2 is 1.75 bits per heavy atom. The van der Waals surface area contributed by atoms with Crippen LogP contribution in [0.3, 0.4) is 0 Å². The molecule has 3 aromatic rings. The Hall–Kier alpha value is -3.44. The van der Waals surface area contributed by atoms with Crippen LogP contribution in [0.1, 0.15) is 54.1 Å². The van der Waals surface area contributed by atoms with Gasteiger partial charge in [-0.3, -0.25) is 4.79 Å². The topological polar surface area (TPSA) is 78.4 Å². The number of carbonyl (C=O) groups excluding carboxylic acids is 1. The number of carbonyl (C=O) groups is 2. The summed E-state index contributed by atoms with van der Waals surface area (Å²) in [6, 6.07) is 19.8. The summed E-state index contributed by atoms with van der Waals surface area (Å²) < 4.78 is 0. The third-order valence-corrected chi connectivity index (χ3v) is 6.07. The van der Waals surface area contributed by atoms with Gasteiger partial charge in [0.05, 0.1) is 11.3 Å². The minimum atomic E-state index is -1.06. The van der Waals surface area contributed by atoms with Crippen LogP contribution in [0.15, 0.2) is 66.7 Å². The first-order valence-electron chi connectivity index (χ1n) is 11.1. The first-order chi connectivity index (χ1) is 15.5. The molecule has 0 aliphatic heterocycles. The molecule has 32 heavy (non-hydrogen) atoms. The van der Waals surface area contributed by atoms with Crippen LogP contribution in [0, 0.1) is 0 Å². The highest BCUT2D eigenvalue weighted by Crippen LogP contribution is 2.23. The summed E-state index contributed by atoms with van der Waals surface area (Å²) in [4.78, 5) is 24.4. The first-order valence-corrected chi connectivity index (χ1v) is 11.1. The average molecular weight is 429 g/mol. The summed E-state index contributed by atoms with van der Waals surface area (Å²) in [6.45, 7) is 2.53. The highest BCUT2D eigenvalue weighted by atomic mass is 16.4. The number of hydrogen-bond donors (Lipinski definition) is 3. The Kier molecular flexibility index (Phi) is 6.66. The molecular weight excluding hydrogens is 400 g/mol. The van der Waals surface area contributed by atoms with Gasteiger partial charge in [-0.1, -0.05) is 55.3 Å². The first kappa shape index (κ1) is 21.8. The molecule has 1 amide bonds. The smallest absolute Gasteiger partial charge is 0.337 e. The minimum absolute atomic E-state index is 0.0831. The maximum Gasteiger partial charge on any atom is 0.337 e. The molecule has 164 valence electrons. The molecule has 0 radical (unpaired) electrons. The van der Waals surface area contributed by atoms with Gasteiger partial charge in [-0.2, -0.15) is 0 Å². The summed E-state index contributed by atoms with van der Waals surface area (Å²) in [5.41, 5.74) is 3.11. The molecule has 0 unspecified atom stereocenters. The van der Waals surface area contributed by atoms with Gasteiger partial charge in [-0.05, 0) is 65.4 Å². The molecule has 0 atom stereocenters. The molecule has 1 aliphatic carbocycles. The number of fused-ring (bicyclic) bond motifs is 1. The van der Waals surface area contributed by atoms with Crippen molar-refractivity contribution in [3.05, 3.63) is 83.4 Å². The van der Waals surface area contributed by atoms with Crippen molar-refractivity contribution in [2.45, 2.75) is 45.2 Å². The molecule has 0 spiro atoms. The number of rotatable bonds is 7. The molecule has 3 aromatic carbocycles. The largest absolute Gasteiger partial charge is 0.478 e. The van der Waals surface area contributed by atoms with E-state index in [-0.39, 0.29) is 11.5 Å². The van der Waals surface area contributed by atoms with E-state index >= 15 is 0 Å². The number of benzene rings is 3. The number of aromatic carboxylic acids is 1. The van der Waals surface area contributed by atoms with Gasteiger partial charge in [0.15, 0.2) is 0 Å². The van der Waals surface area contributed by atoms with Crippen molar-refractivity contribution in [1.82, 2.24) is 5.32 Å². The second-order valence-electron chi connectivity index (χ2n) is 8.43. The fraction of sp³-hybridized carbons (Fsp3) is 0.259. The van der Waals surface area contributed by atoms with E-state index in [4.69, 9.17) is 0 Å². The standard InChI is InChI=1S/C27H28N2O3/c1-18(21-12-11-20-6-2-3-7-22(20)16-21)14-26(30)29-25-15-19(10-13-24(25)27(31)32)17-28-23-8-4-5-9-23/h2-3,6-7,10-16,23,28H,4-5,8-9,17H2,1H3,(H,29,30)(H,31,32)/b18-14+. The number of carboxylic acids is 1. The molecule has 1 aliphatic rings. The van der Waals surface area contributed by atoms with Gasteiger partial charge in [-0.15, -0.1) is 0 Å². The van der Waals surface area contributed by atoms with E-state index < -0.39 is 5.97 Å².